The summed E-state index contributed by atoms with van der Waals surface area (Å²) in [5.41, 5.74) is 4.94. The maximum absolute atomic E-state index is 6.18. The van der Waals surface area contributed by atoms with Gasteiger partial charge in [-0.3, -0.25) is 16.0 Å². The zero-order chi connectivity index (χ0) is 12.1. The first-order valence-electron chi connectivity index (χ1n) is 5.74. The average molecular weight is 245 g/mol. The van der Waals surface area contributed by atoms with Crippen LogP contribution in [-0.2, 0) is 13.5 Å². The Bertz CT molecular complexity index is 335. The number of hydrazine groups is 1. The van der Waals surface area contributed by atoms with E-state index in [0.717, 1.165) is 24.1 Å². The summed E-state index contributed by atoms with van der Waals surface area (Å²) in [6.45, 7) is 4.16. The van der Waals surface area contributed by atoms with Crippen LogP contribution in [0, 0.1) is 6.92 Å². The SMILES string of the molecule is CCCCC(Cc1c(C)nn(C)c1Cl)NN. The molecule has 0 fully saturated rings. The molecule has 0 saturated heterocycles. The van der Waals surface area contributed by atoms with Crippen LogP contribution in [0.3, 0.4) is 0 Å². The number of nitrogens with one attached hydrogen (secondary N) is 1. The Hall–Kier alpha value is -0.580. The summed E-state index contributed by atoms with van der Waals surface area (Å²) in [6.07, 6.45) is 4.26. The van der Waals surface area contributed by atoms with Gasteiger partial charge in [-0.05, 0) is 19.8 Å². The van der Waals surface area contributed by atoms with Crippen molar-refractivity contribution in [3.05, 3.63) is 16.4 Å². The van der Waals surface area contributed by atoms with Crippen molar-refractivity contribution in [3.63, 3.8) is 0 Å². The van der Waals surface area contributed by atoms with Gasteiger partial charge in [0.1, 0.15) is 5.15 Å². The molecule has 0 radical (unpaired) electrons. The summed E-state index contributed by atoms with van der Waals surface area (Å²) in [7, 11) is 1.86. The van der Waals surface area contributed by atoms with Crippen molar-refractivity contribution in [1.82, 2.24) is 15.2 Å². The molecule has 0 aliphatic heterocycles. The molecule has 0 saturated carbocycles. The van der Waals surface area contributed by atoms with Crippen LogP contribution in [0.4, 0.5) is 0 Å². The summed E-state index contributed by atoms with van der Waals surface area (Å²) in [4.78, 5) is 0. The fourth-order valence-electron chi connectivity index (χ4n) is 1.85. The quantitative estimate of drug-likeness (QED) is 0.594. The molecule has 0 bridgehead atoms. The molecular weight excluding hydrogens is 224 g/mol. The van der Waals surface area contributed by atoms with Gasteiger partial charge in [0.05, 0.1) is 5.69 Å². The van der Waals surface area contributed by atoms with E-state index in [1.165, 1.54) is 12.8 Å². The molecule has 1 rings (SSSR count). The van der Waals surface area contributed by atoms with Crippen LogP contribution >= 0.6 is 11.6 Å². The van der Waals surface area contributed by atoms with Gasteiger partial charge in [0.2, 0.25) is 0 Å². The first-order chi connectivity index (χ1) is 7.60. The topological polar surface area (TPSA) is 55.9 Å². The number of halogens is 1. The Balaban J connectivity index is 2.69. The molecule has 0 aromatic carbocycles. The molecule has 1 unspecified atom stereocenters. The van der Waals surface area contributed by atoms with Gasteiger partial charge < -0.3 is 0 Å². The maximum Gasteiger partial charge on any atom is 0.130 e. The van der Waals surface area contributed by atoms with E-state index >= 15 is 0 Å². The molecule has 1 heterocycles. The van der Waals surface area contributed by atoms with Gasteiger partial charge >= 0.3 is 0 Å². The van der Waals surface area contributed by atoms with Crippen molar-refractivity contribution in [2.45, 2.75) is 45.6 Å². The second kappa shape index (κ2) is 6.23. The number of aryl methyl sites for hydroxylation is 2. The number of rotatable bonds is 6. The van der Waals surface area contributed by atoms with E-state index in [2.05, 4.69) is 17.4 Å². The van der Waals surface area contributed by atoms with E-state index < -0.39 is 0 Å². The molecule has 4 nitrogen and oxygen atoms in total. The monoisotopic (exact) mass is 244 g/mol. The van der Waals surface area contributed by atoms with Gasteiger partial charge in [0, 0.05) is 18.7 Å². The fourth-order valence-corrected chi connectivity index (χ4v) is 2.10. The number of aromatic nitrogens is 2. The minimum Gasteiger partial charge on any atom is -0.271 e. The Morgan fingerprint density at radius 1 is 1.56 bits per heavy atom. The number of nitrogens with two attached hydrogens (primary N) is 1. The van der Waals surface area contributed by atoms with E-state index in [1.807, 2.05) is 14.0 Å². The zero-order valence-electron chi connectivity index (χ0n) is 10.3. The van der Waals surface area contributed by atoms with Crippen molar-refractivity contribution in [2.75, 3.05) is 0 Å². The fraction of sp³-hybridized carbons (Fsp3) is 0.727. The number of hydrogen-bond donors (Lipinski definition) is 2. The largest absolute Gasteiger partial charge is 0.271 e. The van der Waals surface area contributed by atoms with Crippen LogP contribution in [0.25, 0.3) is 0 Å². The van der Waals surface area contributed by atoms with Crippen LogP contribution in [0.5, 0.6) is 0 Å². The van der Waals surface area contributed by atoms with E-state index in [4.69, 9.17) is 17.4 Å². The standard InChI is InChI=1S/C11H21ClN4/c1-4-5-6-9(14-13)7-10-8(2)15-16(3)11(10)12/h9,14H,4-7,13H2,1-3H3. The predicted molar refractivity (Wildman–Crippen MR) is 67.3 cm³/mol. The second-order valence-corrected chi connectivity index (χ2v) is 4.55. The third-order valence-electron chi connectivity index (χ3n) is 2.86. The normalized spacial score (nSPS) is 13.1. The highest BCUT2D eigenvalue weighted by Gasteiger charge is 2.15. The molecule has 0 aliphatic carbocycles. The van der Waals surface area contributed by atoms with Crippen molar-refractivity contribution in [1.29, 1.82) is 0 Å². The van der Waals surface area contributed by atoms with Gasteiger partial charge in [0.25, 0.3) is 0 Å². The lowest BCUT2D eigenvalue weighted by atomic mass is 10.0. The van der Waals surface area contributed by atoms with Crippen molar-refractivity contribution in [2.24, 2.45) is 12.9 Å². The van der Waals surface area contributed by atoms with Gasteiger partial charge in [-0.1, -0.05) is 31.4 Å². The number of nitrogens with zero attached hydrogens (tertiary/aromatic N) is 2. The van der Waals surface area contributed by atoms with Crippen LogP contribution in [0.15, 0.2) is 0 Å². The van der Waals surface area contributed by atoms with Crippen LogP contribution in [-0.4, -0.2) is 15.8 Å². The van der Waals surface area contributed by atoms with Gasteiger partial charge in [-0.15, -0.1) is 0 Å². The molecule has 0 aliphatic rings. The highest BCUT2D eigenvalue weighted by molar-refractivity contribution is 6.30. The molecule has 1 aromatic heterocycles. The Kier molecular flexibility index (Phi) is 5.25. The Morgan fingerprint density at radius 3 is 2.69 bits per heavy atom. The minimum absolute atomic E-state index is 0.278. The molecule has 3 N–H and O–H groups in total. The van der Waals surface area contributed by atoms with Crippen LogP contribution < -0.4 is 11.3 Å². The van der Waals surface area contributed by atoms with Crippen LogP contribution in [0.2, 0.25) is 5.15 Å². The van der Waals surface area contributed by atoms with Gasteiger partial charge in [-0.25, -0.2) is 0 Å². The first-order valence-corrected chi connectivity index (χ1v) is 6.12. The summed E-state index contributed by atoms with van der Waals surface area (Å²) in [6, 6.07) is 0.278. The minimum atomic E-state index is 0.278. The third kappa shape index (κ3) is 3.20. The van der Waals surface area contributed by atoms with E-state index in [1.54, 1.807) is 4.68 Å². The lowest BCUT2D eigenvalue weighted by Crippen LogP contribution is -2.36. The lowest BCUT2D eigenvalue weighted by Gasteiger charge is -2.15. The van der Waals surface area contributed by atoms with E-state index in [-0.39, 0.29) is 6.04 Å². The van der Waals surface area contributed by atoms with Crippen molar-refractivity contribution < 1.29 is 0 Å². The smallest absolute Gasteiger partial charge is 0.130 e. The highest BCUT2D eigenvalue weighted by atomic mass is 35.5. The molecule has 5 heteroatoms. The first kappa shape index (κ1) is 13.5. The number of hydrogen-bond acceptors (Lipinski definition) is 3. The second-order valence-electron chi connectivity index (χ2n) is 4.19. The summed E-state index contributed by atoms with van der Waals surface area (Å²) in [5, 5.41) is 5.01. The molecule has 1 atom stereocenters. The molecule has 0 spiro atoms. The molecule has 1 aromatic rings. The van der Waals surface area contributed by atoms with Crippen LogP contribution in [0.1, 0.15) is 37.4 Å². The Labute approximate surface area is 102 Å². The summed E-state index contributed by atoms with van der Waals surface area (Å²) >= 11 is 6.18. The number of unbranched alkanes of at least 4 members (excludes halogenated alkanes) is 1. The maximum atomic E-state index is 6.18. The van der Waals surface area contributed by atoms with Gasteiger partial charge in [-0.2, -0.15) is 5.10 Å². The predicted octanol–water partition coefficient (Wildman–Crippen LogP) is 1.95. The Morgan fingerprint density at radius 2 is 2.25 bits per heavy atom. The molecular formula is C11H21ClN4. The summed E-state index contributed by atoms with van der Waals surface area (Å²) < 4.78 is 1.71. The third-order valence-corrected chi connectivity index (χ3v) is 3.33. The summed E-state index contributed by atoms with van der Waals surface area (Å²) in [5.74, 6) is 5.55. The van der Waals surface area contributed by atoms with Crippen molar-refractivity contribution >= 4 is 11.6 Å². The van der Waals surface area contributed by atoms with Crippen molar-refractivity contribution in [3.8, 4) is 0 Å². The molecule has 92 valence electrons. The van der Waals surface area contributed by atoms with E-state index in [0.29, 0.717) is 5.15 Å². The highest BCUT2D eigenvalue weighted by Crippen LogP contribution is 2.21. The van der Waals surface area contributed by atoms with E-state index in [9.17, 15) is 0 Å². The molecule has 0 amide bonds. The lowest BCUT2D eigenvalue weighted by molar-refractivity contribution is 0.473. The zero-order valence-corrected chi connectivity index (χ0v) is 11.0. The average Bonchev–Trinajstić information content (AvgIpc) is 2.50. The van der Waals surface area contributed by atoms with Gasteiger partial charge in [0.15, 0.2) is 0 Å². The molecule has 16 heavy (non-hydrogen) atoms.